The van der Waals surface area contributed by atoms with Gasteiger partial charge in [0.25, 0.3) is 0 Å². The van der Waals surface area contributed by atoms with Crippen molar-refractivity contribution in [2.24, 2.45) is 0 Å². The molecule has 7 nitrogen and oxygen atoms in total. The van der Waals surface area contributed by atoms with Crippen LogP contribution in [0.3, 0.4) is 0 Å². The third-order valence-corrected chi connectivity index (χ3v) is 5.52. The Morgan fingerprint density at radius 2 is 1.96 bits per heavy atom. The van der Waals surface area contributed by atoms with Crippen molar-refractivity contribution < 1.29 is 9.47 Å². The summed E-state index contributed by atoms with van der Waals surface area (Å²) in [6.45, 7) is 7.56. The Bertz CT molecular complexity index is 838. The van der Waals surface area contributed by atoms with Gasteiger partial charge in [0.15, 0.2) is 0 Å². The third-order valence-electron chi connectivity index (χ3n) is 5.19. The molecule has 3 N–H and O–H groups in total. The van der Waals surface area contributed by atoms with Crippen LogP contribution in [0.2, 0.25) is 5.02 Å². The molecule has 2 aliphatic heterocycles. The lowest BCUT2D eigenvalue weighted by Crippen LogP contribution is -2.40. The first-order valence-corrected chi connectivity index (χ1v) is 9.99. The van der Waals surface area contributed by atoms with Gasteiger partial charge < -0.3 is 25.4 Å². The molecule has 2 fully saturated rings. The maximum atomic E-state index is 6.74. The number of halogens is 1. The molecular weight excluding hydrogens is 378 g/mol. The Labute approximate surface area is 170 Å². The molecule has 0 saturated carbocycles. The number of hydrogen-bond acceptors (Lipinski definition) is 7. The van der Waals surface area contributed by atoms with E-state index in [0.29, 0.717) is 24.3 Å². The lowest BCUT2D eigenvalue weighted by molar-refractivity contribution is 0.0211. The predicted octanol–water partition coefficient (Wildman–Crippen LogP) is 3.11. The van der Waals surface area contributed by atoms with Gasteiger partial charge in [0, 0.05) is 35.6 Å². The minimum Gasteiger partial charge on any atom is -0.379 e. The van der Waals surface area contributed by atoms with Gasteiger partial charge in [-0.05, 0) is 37.5 Å². The number of anilines is 3. The Kier molecular flexibility index (Phi) is 5.57. The molecule has 150 valence electrons. The monoisotopic (exact) mass is 403 g/mol. The molecule has 1 atom stereocenters. The lowest BCUT2D eigenvalue weighted by Gasteiger charge is -2.33. The van der Waals surface area contributed by atoms with Gasteiger partial charge in [0.1, 0.15) is 5.82 Å². The smallest absolute Gasteiger partial charge is 0.222 e. The van der Waals surface area contributed by atoms with Crippen LogP contribution in [0.1, 0.15) is 29.3 Å². The molecule has 1 unspecified atom stereocenters. The van der Waals surface area contributed by atoms with E-state index in [0.717, 1.165) is 54.5 Å². The molecule has 0 radical (unpaired) electrons. The van der Waals surface area contributed by atoms with E-state index in [1.54, 1.807) is 0 Å². The SMILES string of the molecule is Cc1cc(N2CCCOCC2c2cc(C)c(NC3COC3)cc2Cl)nc(N)n1. The van der Waals surface area contributed by atoms with Crippen molar-refractivity contribution in [1.29, 1.82) is 0 Å². The average molecular weight is 404 g/mol. The number of nitrogens with one attached hydrogen (secondary N) is 1. The molecule has 28 heavy (non-hydrogen) atoms. The summed E-state index contributed by atoms with van der Waals surface area (Å²) < 4.78 is 11.1. The zero-order valence-corrected chi connectivity index (χ0v) is 17.0. The average Bonchev–Trinajstić information content (AvgIpc) is 2.85. The van der Waals surface area contributed by atoms with Crippen molar-refractivity contribution in [3.05, 3.63) is 40.0 Å². The van der Waals surface area contributed by atoms with Crippen LogP contribution >= 0.6 is 11.6 Å². The second kappa shape index (κ2) is 8.11. The summed E-state index contributed by atoms with van der Waals surface area (Å²) in [7, 11) is 0. The van der Waals surface area contributed by atoms with E-state index in [9.17, 15) is 0 Å². The number of nitrogen functional groups attached to an aromatic ring is 1. The van der Waals surface area contributed by atoms with E-state index in [-0.39, 0.29) is 12.0 Å². The zero-order chi connectivity index (χ0) is 19.7. The predicted molar refractivity (Wildman–Crippen MR) is 111 cm³/mol. The highest BCUT2D eigenvalue weighted by Gasteiger charge is 2.28. The second-order valence-electron chi connectivity index (χ2n) is 7.43. The minimum atomic E-state index is -0.0384. The number of nitrogens with two attached hydrogens (primary N) is 1. The van der Waals surface area contributed by atoms with Gasteiger partial charge >= 0.3 is 0 Å². The summed E-state index contributed by atoms with van der Waals surface area (Å²) in [4.78, 5) is 10.9. The van der Waals surface area contributed by atoms with Gasteiger partial charge in [0.05, 0.1) is 31.9 Å². The normalized spacial score (nSPS) is 20.5. The van der Waals surface area contributed by atoms with E-state index >= 15 is 0 Å². The van der Waals surface area contributed by atoms with Crippen molar-refractivity contribution in [3.63, 3.8) is 0 Å². The van der Waals surface area contributed by atoms with E-state index in [4.69, 9.17) is 26.8 Å². The number of nitrogens with zero attached hydrogens (tertiary/aromatic N) is 3. The van der Waals surface area contributed by atoms with E-state index in [2.05, 4.69) is 33.2 Å². The molecule has 1 aromatic carbocycles. The minimum absolute atomic E-state index is 0.0384. The molecule has 4 rings (SSSR count). The first-order chi connectivity index (χ1) is 13.5. The number of aromatic nitrogens is 2. The zero-order valence-electron chi connectivity index (χ0n) is 16.2. The Balaban J connectivity index is 1.68. The molecule has 8 heteroatoms. The van der Waals surface area contributed by atoms with Gasteiger partial charge in [0.2, 0.25) is 5.95 Å². The highest BCUT2D eigenvalue weighted by atomic mass is 35.5. The number of rotatable bonds is 4. The Hall–Kier alpha value is -2.09. The molecular formula is C20H26ClN5O2. The molecule has 0 bridgehead atoms. The van der Waals surface area contributed by atoms with E-state index in [1.807, 2.05) is 19.1 Å². The van der Waals surface area contributed by atoms with Gasteiger partial charge in [-0.1, -0.05) is 17.7 Å². The number of benzene rings is 1. The Morgan fingerprint density at radius 1 is 1.14 bits per heavy atom. The van der Waals surface area contributed by atoms with Crippen LogP contribution < -0.4 is 16.0 Å². The largest absolute Gasteiger partial charge is 0.379 e. The molecule has 0 amide bonds. The summed E-state index contributed by atoms with van der Waals surface area (Å²) in [5.41, 5.74) is 9.97. The van der Waals surface area contributed by atoms with Gasteiger partial charge in [-0.2, -0.15) is 4.98 Å². The number of hydrogen-bond donors (Lipinski definition) is 2. The van der Waals surface area contributed by atoms with Crippen molar-refractivity contribution in [3.8, 4) is 0 Å². The summed E-state index contributed by atoms with van der Waals surface area (Å²) in [5, 5.41) is 4.21. The fourth-order valence-corrected chi connectivity index (χ4v) is 3.97. The van der Waals surface area contributed by atoms with Crippen molar-refractivity contribution >= 4 is 29.1 Å². The van der Waals surface area contributed by atoms with Crippen LogP contribution in [0.4, 0.5) is 17.5 Å². The molecule has 1 aromatic heterocycles. The highest BCUT2D eigenvalue weighted by Crippen LogP contribution is 2.36. The van der Waals surface area contributed by atoms with Crippen molar-refractivity contribution in [1.82, 2.24) is 9.97 Å². The fourth-order valence-electron chi connectivity index (χ4n) is 3.68. The summed E-state index contributed by atoms with van der Waals surface area (Å²) >= 11 is 6.74. The van der Waals surface area contributed by atoms with Crippen molar-refractivity contribution in [2.75, 3.05) is 48.9 Å². The number of ether oxygens (including phenoxy) is 2. The van der Waals surface area contributed by atoms with Crippen molar-refractivity contribution in [2.45, 2.75) is 32.4 Å². The molecule has 2 saturated heterocycles. The summed E-state index contributed by atoms with van der Waals surface area (Å²) in [5.74, 6) is 1.09. The summed E-state index contributed by atoms with van der Waals surface area (Å²) in [6.07, 6.45) is 0.914. The van der Waals surface area contributed by atoms with Gasteiger partial charge in [-0.25, -0.2) is 4.98 Å². The maximum absolute atomic E-state index is 6.74. The standard InChI is InChI=1S/C20H26ClN5O2/c1-12-6-15(16(21)8-17(12)24-14-9-28-10-14)18-11-27-5-3-4-26(18)19-7-13(2)23-20(22)25-19/h6-8,14,18,24H,3-5,9-11H2,1-2H3,(H2,22,23,25). The van der Waals surface area contributed by atoms with Crippen LogP contribution in [0, 0.1) is 13.8 Å². The van der Waals surface area contributed by atoms with Crippen LogP contribution in [-0.4, -0.2) is 49.0 Å². The lowest BCUT2D eigenvalue weighted by atomic mass is 10.0. The van der Waals surface area contributed by atoms with Gasteiger partial charge in [-0.3, -0.25) is 0 Å². The maximum Gasteiger partial charge on any atom is 0.222 e. The molecule has 2 aliphatic rings. The quantitative estimate of drug-likeness (QED) is 0.811. The topological polar surface area (TPSA) is 85.5 Å². The summed E-state index contributed by atoms with van der Waals surface area (Å²) in [6, 6.07) is 6.43. The fraction of sp³-hybridized carbons (Fsp3) is 0.500. The first kappa shape index (κ1) is 19.2. The number of aryl methyl sites for hydroxylation is 2. The highest BCUT2D eigenvalue weighted by molar-refractivity contribution is 6.31. The van der Waals surface area contributed by atoms with E-state index in [1.165, 1.54) is 0 Å². The van der Waals surface area contributed by atoms with Crippen LogP contribution in [0.5, 0.6) is 0 Å². The Morgan fingerprint density at radius 3 is 2.68 bits per heavy atom. The second-order valence-corrected chi connectivity index (χ2v) is 7.84. The first-order valence-electron chi connectivity index (χ1n) is 9.61. The molecule has 2 aromatic rings. The third kappa shape index (κ3) is 4.01. The van der Waals surface area contributed by atoms with Crippen LogP contribution in [0.15, 0.2) is 18.2 Å². The van der Waals surface area contributed by atoms with Crippen LogP contribution in [0.25, 0.3) is 0 Å². The molecule has 0 aliphatic carbocycles. The molecule has 3 heterocycles. The van der Waals surface area contributed by atoms with Crippen LogP contribution in [-0.2, 0) is 9.47 Å². The van der Waals surface area contributed by atoms with E-state index < -0.39 is 0 Å². The van der Waals surface area contributed by atoms with Gasteiger partial charge in [-0.15, -0.1) is 0 Å². The molecule has 0 spiro atoms.